The highest BCUT2D eigenvalue weighted by molar-refractivity contribution is 6.04. The van der Waals surface area contributed by atoms with Crippen molar-refractivity contribution in [3.05, 3.63) is 24.5 Å². The number of aliphatic hydroxyl groups excluding tert-OH is 1. The number of esters is 1. The summed E-state index contributed by atoms with van der Waals surface area (Å²) in [4.78, 5) is 46.6. The number of cyclic esters (lactones) is 1. The van der Waals surface area contributed by atoms with E-state index in [1.165, 1.54) is 0 Å². The van der Waals surface area contributed by atoms with Gasteiger partial charge in [-0.15, -0.1) is 0 Å². The molecule has 0 spiro atoms. The first-order valence-corrected chi connectivity index (χ1v) is 17.3. The van der Waals surface area contributed by atoms with Crippen LogP contribution in [0.15, 0.2) is 24.5 Å². The van der Waals surface area contributed by atoms with Gasteiger partial charge in [-0.1, -0.05) is 26.5 Å². The normalized spacial score (nSPS) is 32.1. The van der Waals surface area contributed by atoms with Gasteiger partial charge in [0.05, 0.1) is 25.2 Å². The molecule has 2 saturated heterocycles. The van der Waals surface area contributed by atoms with E-state index in [0.29, 0.717) is 38.0 Å². The van der Waals surface area contributed by atoms with Crippen LogP contribution in [0.2, 0.25) is 0 Å². The predicted molar refractivity (Wildman–Crippen MR) is 189 cm³/mol. The molecule has 0 radical (unpaired) electrons. The van der Waals surface area contributed by atoms with E-state index in [2.05, 4.69) is 25.5 Å². The van der Waals surface area contributed by atoms with Gasteiger partial charge >= 0.3 is 5.97 Å². The van der Waals surface area contributed by atoms with Crippen LogP contribution < -0.4 is 0 Å². The number of carbonyl (C=O) groups is 3. The first kappa shape index (κ1) is 41.6. The number of aliphatic hydroxyl groups is 1. The van der Waals surface area contributed by atoms with Crippen LogP contribution in [0.25, 0.3) is 0 Å². The van der Waals surface area contributed by atoms with E-state index < -0.39 is 41.0 Å². The van der Waals surface area contributed by atoms with Crippen molar-refractivity contribution in [1.29, 1.82) is 0 Å². The molecule has 0 aromatic carbocycles. The Balaban J connectivity index is 2.49. The number of Topliss-reactive ketones (excluding diaryl/α,β-unsaturated/α-hetero) is 1. The zero-order chi connectivity index (χ0) is 36.6. The number of methoxy groups -OCH3 is 1. The molecule has 274 valence electrons. The molecule has 2 unspecified atom stereocenters. The summed E-state index contributed by atoms with van der Waals surface area (Å²) in [7, 11) is 13.1. The number of hydrogen-bond donors (Lipinski definition) is 1. The van der Waals surface area contributed by atoms with Crippen molar-refractivity contribution in [3.8, 4) is 0 Å². The summed E-state index contributed by atoms with van der Waals surface area (Å²) in [6, 6.07) is -0.0169. The minimum absolute atomic E-state index is 0.0169. The Bertz CT molecular complexity index is 1190. The molecule has 11 heteroatoms. The van der Waals surface area contributed by atoms with Crippen LogP contribution in [0, 0.1) is 23.2 Å². The third-order valence-electron chi connectivity index (χ3n) is 10.2. The van der Waals surface area contributed by atoms with Crippen molar-refractivity contribution in [2.45, 2.75) is 90.6 Å². The number of likely N-dealkylation sites (N-methyl/N-ethyl adjacent to an activating group) is 2. The maximum absolute atomic E-state index is 14.2. The Labute approximate surface area is 289 Å². The summed E-state index contributed by atoms with van der Waals surface area (Å²) in [5.74, 6) is -1.12. The fourth-order valence-corrected chi connectivity index (χ4v) is 7.21. The van der Waals surface area contributed by atoms with Gasteiger partial charge < -0.3 is 34.0 Å². The van der Waals surface area contributed by atoms with Crippen molar-refractivity contribution in [2.24, 2.45) is 23.2 Å². The zero-order valence-corrected chi connectivity index (χ0v) is 31.9. The largest absolute Gasteiger partial charge is 0.487 e. The lowest BCUT2D eigenvalue weighted by Gasteiger charge is -2.42. The molecule has 0 bridgehead atoms. The van der Waals surface area contributed by atoms with Crippen LogP contribution in [0.5, 0.6) is 0 Å². The Morgan fingerprint density at radius 1 is 1.15 bits per heavy atom. The molecule has 0 aromatic heterocycles. The minimum atomic E-state index is -1.40. The lowest BCUT2D eigenvalue weighted by molar-refractivity contribution is -0.470. The van der Waals surface area contributed by atoms with Crippen molar-refractivity contribution in [3.63, 3.8) is 0 Å². The Kier molecular flexibility index (Phi) is 15.5. The van der Waals surface area contributed by atoms with Crippen molar-refractivity contribution < 1.29 is 38.3 Å². The molecule has 1 N–H and O–H groups in total. The second kappa shape index (κ2) is 17.9. The molecule has 0 saturated carbocycles. The van der Waals surface area contributed by atoms with Crippen LogP contribution in [0.4, 0.5) is 0 Å². The quantitative estimate of drug-likeness (QED) is 0.196. The second-order valence-electron chi connectivity index (χ2n) is 15.4. The van der Waals surface area contributed by atoms with Crippen molar-refractivity contribution in [1.82, 2.24) is 14.7 Å². The number of amides is 1. The SMILES string of the molecule is C=C1CC(=[N+](C)C)[C@@H](O)[C@H](/C=C/C2[C@@H](C)C(=O)C(C)(C)C(=O)OCCCC(N(C)C(=O)CN(C)C)CCN(C)C[C@H](C)C[C@@]2(C)OC)O1. The van der Waals surface area contributed by atoms with E-state index in [-0.39, 0.29) is 30.3 Å². The van der Waals surface area contributed by atoms with E-state index >= 15 is 0 Å². The predicted octanol–water partition coefficient (Wildman–Crippen LogP) is 3.25. The van der Waals surface area contributed by atoms with Gasteiger partial charge in [0.15, 0.2) is 23.7 Å². The van der Waals surface area contributed by atoms with Crippen LogP contribution in [-0.4, -0.2) is 147 Å². The highest BCUT2D eigenvalue weighted by atomic mass is 16.5. The molecule has 2 aliphatic rings. The third kappa shape index (κ3) is 11.0. The maximum Gasteiger partial charge on any atom is 0.319 e. The maximum atomic E-state index is 14.2. The number of ether oxygens (including phenoxy) is 3. The van der Waals surface area contributed by atoms with Crippen LogP contribution in [0.1, 0.15) is 66.7 Å². The molecular formula is C37H65N4O7+. The minimum Gasteiger partial charge on any atom is -0.487 e. The Morgan fingerprint density at radius 3 is 2.38 bits per heavy atom. The molecule has 7 atom stereocenters. The number of hydrogen-bond acceptors (Lipinski definition) is 9. The fraction of sp³-hybridized carbons (Fsp3) is 0.784. The van der Waals surface area contributed by atoms with Crippen molar-refractivity contribution >= 4 is 23.4 Å². The number of nitrogens with zero attached hydrogens (tertiary/aromatic N) is 4. The zero-order valence-electron chi connectivity index (χ0n) is 31.9. The smallest absolute Gasteiger partial charge is 0.319 e. The number of ketones is 1. The lowest BCUT2D eigenvalue weighted by Crippen LogP contribution is -2.48. The van der Waals surface area contributed by atoms with E-state index in [4.69, 9.17) is 14.2 Å². The number of carbonyl (C=O) groups excluding carboxylic acids is 3. The van der Waals surface area contributed by atoms with Crippen molar-refractivity contribution in [2.75, 3.05) is 75.6 Å². The van der Waals surface area contributed by atoms with E-state index in [1.807, 2.05) is 75.6 Å². The standard InChI is InChI=1S/C37H65N4O7/c1-25-22-37(6,46-13)29(16-17-31-33(43)30(39(9)10)21-26(2)48-31)27(3)34(44)36(4,5)35(45)47-20-14-15-28(18-19-40(11)23-25)41(12)32(42)24-38(7)8/h16-17,25,27-29,31,33,43H,2,14-15,18-24H2,1,3-13H3/q+1/b17-16+/t25-,27-,28?,29?,31+,33-,37-/m1/s1. The topological polar surface area (TPSA) is 112 Å². The molecule has 2 heterocycles. The lowest BCUT2D eigenvalue weighted by atomic mass is 9.69. The van der Waals surface area contributed by atoms with Gasteiger partial charge in [0.1, 0.15) is 25.3 Å². The van der Waals surface area contributed by atoms with E-state index in [1.54, 1.807) is 21.0 Å². The molecular weight excluding hydrogens is 612 g/mol. The summed E-state index contributed by atoms with van der Waals surface area (Å²) in [6.45, 7) is 15.3. The third-order valence-corrected chi connectivity index (χ3v) is 10.2. The Hall–Kier alpha value is -2.60. The molecule has 11 nitrogen and oxygen atoms in total. The fourth-order valence-electron chi connectivity index (χ4n) is 7.21. The molecule has 2 aliphatic heterocycles. The molecule has 1 amide bonds. The summed E-state index contributed by atoms with van der Waals surface area (Å²) in [5, 5.41) is 11.2. The van der Waals surface area contributed by atoms with E-state index in [0.717, 1.165) is 25.2 Å². The highest BCUT2D eigenvalue weighted by Crippen LogP contribution is 2.39. The molecule has 2 rings (SSSR count). The van der Waals surface area contributed by atoms with Gasteiger partial charge in [0.2, 0.25) is 5.91 Å². The first-order chi connectivity index (χ1) is 22.2. The van der Waals surface area contributed by atoms with Gasteiger partial charge in [0.25, 0.3) is 0 Å². The average molecular weight is 678 g/mol. The monoisotopic (exact) mass is 677 g/mol. The Morgan fingerprint density at radius 2 is 1.79 bits per heavy atom. The van der Waals surface area contributed by atoms with Gasteiger partial charge in [-0.2, -0.15) is 0 Å². The molecule has 0 aliphatic carbocycles. The van der Waals surface area contributed by atoms with Crippen LogP contribution in [0.3, 0.4) is 0 Å². The molecule has 2 fully saturated rings. The number of allylic oxidation sites excluding steroid dienone is 1. The first-order valence-electron chi connectivity index (χ1n) is 17.3. The average Bonchev–Trinajstić information content (AvgIpc) is 2.99. The molecule has 48 heavy (non-hydrogen) atoms. The second-order valence-corrected chi connectivity index (χ2v) is 15.4. The number of rotatable bonds is 6. The van der Waals surface area contributed by atoms with Crippen LogP contribution >= 0.6 is 0 Å². The van der Waals surface area contributed by atoms with Gasteiger partial charge in [-0.3, -0.25) is 14.4 Å². The molecule has 0 aromatic rings. The van der Waals surface area contributed by atoms with E-state index in [9.17, 15) is 19.5 Å². The van der Waals surface area contributed by atoms with Gasteiger partial charge in [-0.05, 0) is 86.1 Å². The van der Waals surface area contributed by atoms with Gasteiger partial charge in [-0.25, -0.2) is 4.58 Å². The summed E-state index contributed by atoms with van der Waals surface area (Å²) in [6.07, 6.45) is 5.27. The summed E-state index contributed by atoms with van der Waals surface area (Å²) >= 11 is 0. The van der Waals surface area contributed by atoms with Crippen LogP contribution in [-0.2, 0) is 28.6 Å². The van der Waals surface area contributed by atoms with Gasteiger partial charge in [0, 0.05) is 38.6 Å². The summed E-state index contributed by atoms with van der Waals surface area (Å²) < 4.78 is 19.8. The highest BCUT2D eigenvalue weighted by Gasteiger charge is 2.47. The summed E-state index contributed by atoms with van der Waals surface area (Å²) in [5.41, 5.74) is -1.41.